The Bertz CT molecular complexity index is 435. The number of benzene rings is 1. The number of aryl methyl sites for hydroxylation is 1. The highest BCUT2D eigenvalue weighted by Crippen LogP contribution is 2.22. The van der Waals surface area contributed by atoms with E-state index in [9.17, 15) is 8.42 Å². The molecule has 84 valence electrons. The van der Waals surface area contributed by atoms with Gasteiger partial charge in [0.1, 0.15) is 5.75 Å². The Morgan fingerprint density at radius 1 is 1.33 bits per heavy atom. The van der Waals surface area contributed by atoms with E-state index in [1.54, 1.807) is 25.3 Å². The molecule has 0 spiro atoms. The van der Waals surface area contributed by atoms with E-state index < -0.39 is 9.84 Å². The fraction of sp³-hybridized carbons (Fsp3) is 0.455. The van der Waals surface area contributed by atoms with Gasteiger partial charge in [0.2, 0.25) is 0 Å². The summed E-state index contributed by atoms with van der Waals surface area (Å²) in [5, 5.41) is 0. The van der Waals surface area contributed by atoms with E-state index in [4.69, 9.17) is 4.74 Å². The average molecular weight is 228 g/mol. The van der Waals surface area contributed by atoms with Crippen molar-refractivity contribution in [1.82, 2.24) is 0 Å². The molecule has 0 aliphatic heterocycles. The topological polar surface area (TPSA) is 43.4 Å². The molecule has 0 aromatic heterocycles. The van der Waals surface area contributed by atoms with E-state index in [-0.39, 0.29) is 5.75 Å². The number of ether oxygens (including phenoxy) is 1. The van der Waals surface area contributed by atoms with E-state index >= 15 is 0 Å². The summed E-state index contributed by atoms with van der Waals surface area (Å²) in [4.78, 5) is 0.377. The summed E-state index contributed by atoms with van der Waals surface area (Å²) >= 11 is 0. The van der Waals surface area contributed by atoms with Crippen LogP contribution in [0, 0.1) is 6.92 Å². The molecule has 1 aromatic rings. The van der Waals surface area contributed by atoms with Crippen LogP contribution >= 0.6 is 0 Å². The summed E-state index contributed by atoms with van der Waals surface area (Å²) < 4.78 is 28.6. The maximum absolute atomic E-state index is 11.7. The maximum atomic E-state index is 11.7. The number of hydrogen-bond donors (Lipinski definition) is 0. The van der Waals surface area contributed by atoms with Crippen LogP contribution in [0.15, 0.2) is 23.1 Å². The Labute approximate surface area is 91.0 Å². The Kier molecular flexibility index (Phi) is 3.74. The molecule has 15 heavy (non-hydrogen) atoms. The number of sulfone groups is 1. The van der Waals surface area contributed by atoms with Crippen molar-refractivity contribution >= 4 is 9.84 Å². The lowest BCUT2D eigenvalue weighted by Crippen LogP contribution is -2.06. The molecule has 1 aromatic carbocycles. The zero-order valence-electron chi connectivity index (χ0n) is 9.28. The minimum atomic E-state index is -3.11. The van der Waals surface area contributed by atoms with Crippen molar-refractivity contribution in [1.29, 1.82) is 0 Å². The highest BCUT2D eigenvalue weighted by molar-refractivity contribution is 7.91. The first kappa shape index (κ1) is 12.0. The first-order chi connectivity index (χ1) is 7.01. The van der Waals surface area contributed by atoms with E-state index in [2.05, 4.69) is 0 Å². The minimum absolute atomic E-state index is 0.193. The third-order valence-electron chi connectivity index (χ3n) is 2.20. The fourth-order valence-electron chi connectivity index (χ4n) is 1.43. The van der Waals surface area contributed by atoms with E-state index in [0.717, 1.165) is 5.56 Å². The molecule has 3 nitrogen and oxygen atoms in total. The summed E-state index contributed by atoms with van der Waals surface area (Å²) in [7, 11) is -1.54. The molecule has 0 bridgehead atoms. The smallest absolute Gasteiger partial charge is 0.178 e. The van der Waals surface area contributed by atoms with Gasteiger partial charge in [0, 0.05) is 0 Å². The Morgan fingerprint density at radius 2 is 2.00 bits per heavy atom. The van der Waals surface area contributed by atoms with Gasteiger partial charge in [-0.15, -0.1) is 0 Å². The lowest BCUT2D eigenvalue weighted by Gasteiger charge is -2.07. The quantitative estimate of drug-likeness (QED) is 0.793. The zero-order valence-corrected chi connectivity index (χ0v) is 10.1. The first-order valence-electron chi connectivity index (χ1n) is 4.88. The van der Waals surface area contributed by atoms with Crippen LogP contribution in [0.1, 0.15) is 18.9 Å². The van der Waals surface area contributed by atoms with Gasteiger partial charge < -0.3 is 4.74 Å². The van der Waals surface area contributed by atoms with Gasteiger partial charge in [-0.25, -0.2) is 8.42 Å². The van der Waals surface area contributed by atoms with Crippen LogP contribution in [0.5, 0.6) is 5.75 Å². The van der Waals surface area contributed by atoms with Crippen molar-refractivity contribution in [2.45, 2.75) is 25.2 Å². The lowest BCUT2D eigenvalue weighted by molar-refractivity contribution is 0.411. The van der Waals surface area contributed by atoms with Crippen molar-refractivity contribution in [3.63, 3.8) is 0 Å². The van der Waals surface area contributed by atoms with Crippen LogP contribution in [0.4, 0.5) is 0 Å². The van der Waals surface area contributed by atoms with Crippen molar-refractivity contribution in [3.05, 3.63) is 23.8 Å². The largest absolute Gasteiger partial charge is 0.496 e. The van der Waals surface area contributed by atoms with Crippen molar-refractivity contribution < 1.29 is 13.2 Å². The molecule has 0 heterocycles. The third kappa shape index (κ3) is 2.72. The van der Waals surface area contributed by atoms with E-state index in [1.165, 1.54) is 0 Å². The second kappa shape index (κ2) is 4.66. The molecule has 4 heteroatoms. The van der Waals surface area contributed by atoms with Crippen LogP contribution in [0.2, 0.25) is 0 Å². The van der Waals surface area contributed by atoms with Gasteiger partial charge in [0.05, 0.1) is 17.8 Å². The highest BCUT2D eigenvalue weighted by Gasteiger charge is 2.14. The van der Waals surface area contributed by atoms with Crippen LogP contribution < -0.4 is 4.74 Å². The first-order valence-corrected chi connectivity index (χ1v) is 6.54. The Morgan fingerprint density at radius 3 is 2.47 bits per heavy atom. The van der Waals surface area contributed by atoms with Gasteiger partial charge in [-0.3, -0.25) is 0 Å². The van der Waals surface area contributed by atoms with E-state index in [1.807, 2.05) is 13.8 Å². The van der Waals surface area contributed by atoms with Crippen LogP contribution in [0.25, 0.3) is 0 Å². The Balaban J connectivity index is 3.13. The molecule has 0 unspecified atom stereocenters. The number of hydrogen-bond acceptors (Lipinski definition) is 3. The minimum Gasteiger partial charge on any atom is -0.496 e. The zero-order chi connectivity index (χ0) is 11.5. The second-order valence-corrected chi connectivity index (χ2v) is 5.56. The average Bonchev–Trinajstić information content (AvgIpc) is 2.17. The van der Waals surface area contributed by atoms with Crippen molar-refractivity contribution in [2.24, 2.45) is 0 Å². The fourth-order valence-corrected chi connectivity index (χ4v) is 2.84. The van der Waals surface area contributed by atoms with Crippen LogP contribution in [-0.2, 0) is 9.84 Å². The normalized spacial score (nSPS) is 11.4. The van der Waals surface area contributed by atoms with Gasteiger partial charge in [-0.2, -0.15) is 0 Å². The second-order valence-electron chi connectivity index (χ2n) is 3.45. The monoisotopic (exact) mass is 228 g/mol. The maximum Gasteiger partial charge on any atom is 0.178 e. The summed E-state index contributed by atoms with van der Waals surface area (Å²) in [6.07, 6.45) is 0.632. The standard InChI is InChI=1S/C11H16O3S/c1-4-7-15(12,13)10-5-6-11(14-3)9(2)8-10/h5-6,8H,4,7H2,1-3H3. The summed E-state index contributed by atoms with van der Waals surface area (Å²) in [5.41, 5.74) is 0.842. The van der Waals surface area contributed by atoms with Crippen molar-refractivity contribution in [2.75, 3.05) is 12.9 Å². The molecule has 0 aliphatic carbocycles. The molecule has 0 fully saturated rings. The molecular formula is C11H16O3S. The van der Waals surface area contributed by atoms with Gasteiger partial charge in [-0.05, 0) is 37.1 Å². The van der Waals surface area contributed by atoms with Crippen molar-refractivity contribution in [3.8, 4) is 5.75 Å². The van der Waals surface area contributed by atoms with Gasteiger partial charge in [-0.1, -0.05) is 6.92 Å². The molecule has 1 rings (SSSR count). The predicted molar refractivity (Wildman–Crippen MR) is 60.1 cm³/mol. The third-order valence-corrected chi connectivity index (χ3v) is 4.12. The predicted octanol–water partition coefficient (Wildman–Crippen LogP) is 2.19. The summed E-state index contributed by atoms with van der Waals surface area (Å²) in [6.45, 7) is 3.69. The number of rotatable bonds is 4. The molecule has 0 saturated carbocycles. The summed E-state index contributed by atoms with van der Waals surface area (Å²) in [6, 6.07) is 4.94. The van der Waals surface area contributed by atoms with Crippen LogP contribution in [0.3, 0.4) is 0 Å². The van der Waals surface area contributed by atoms with Gasteiger partial charge in [0.25, 0.3) is 0 Å². The molecule has 0 saturated heterocycles. The highest BCUT2D eigenvalue weighted by atomic mass is 32.2. The molecule has 0 radical (unpaired) electrons. The SMILES string of the molecule is CCCS(=O)(=O)c1ccc(OC)c(C)c1. The van der Waals surface area contributed by atoms with E-state index in [0.29, 0.717) is 17.1 Å². The summed E-state index contributed by atoms with van der Waals surface area (Å²) in [5.74, 6) is 0.907. The van der Waals surface area contributed by atoms with Gasteiger partial charge >= 0.3 is 0 Å². The molecule has 0 atom stereocenters. The molecule has 0 N–H and O–H groups in total. The van der Waals surface area contributed by atoms with Gasteiger partial charge in [0.15, 0.2) is 9.84 Å². The number of methoxy groups -OCH3 is 1. The lowest BCUT2D eigenvalue weighted by atomic mass is 10.2. The molecule has 0 amide bonds. The van der Waals surface area contributed by atoms with Crippen LogP contribution in [-0.4, -0.2) is 21.3 Å². The Hall–Kier alpha value is -1.03. The molecular weight excluding hydrogens is 212 g/mol. The molecule has 0 aliphatic rings.